The van der Waals surface area contributed by atoms with E-state index in [-0.39, 0.29) is 5.91 Å². The number of amides is 1. The highest BCUT2D eigenvalue weighted by atomic mass is 16.1. The quantitative estimate of drug-likeness (QED) is 0.585. The number of hydrogen-bond acceptors (Lipinski definition) is 4. The van der Waals surface area contributed by atoms with Crippen molar-refractivity contribution in [2.75, 3.05) is 5.32 Å². The minimum Gasteiger partial charge on any atom is -0.358 e. The second kappa shape index (κ2) is 6.68. The molecule has 0 saturated carbocycles. The van der Waals surface area contributed by atoms with Crippen LogP contribution in [0, 0.1) is 20.8 Å². The summed E-state index contributed by atoms with van der Waals surface area (Å²) < 4.78 is 1.58. The van der Waals surface area contributed by atoms with Gasteiger partial charge in [-0.15, -0.1) is 5.10 Å². The normalized spacial score (nSPS) is 11.1. The summed E-state index contributed by atoms with van der Waals surface area (Å²) in [5.74, 6) is -0.0629. The molecule has 0 unspecified atom stereocenters. The van der Waals surface area contributed by atoms with Crippen LogP contribution in [-0.2, 0) is 11.2 Å². The number of benzene rings is 2. The second-order valence-electron chi connectivity index (χ2n) is 6.76. The predicted molar refractivity (Wildman–Crippen MR) is 104 cm³/mol. The van der Waals surface area contributed by atoms with E-state index in [2.05, 4.69) is 50.9 Å². The number of rotatable bonds is 4. The third-order valence-electron chi connectivity index (χ3n) is 4.70. The van der Waals surface area contributed by atoms with Crippen LogP contribution in [0.3, 0.4) is 0 Å². The number of H-pyrrole nitrogens is 1. The number of aryl methyl sites for hydroxylation is 3. The fraction of sp³-hybridized carbons (Fsp3) is 0.200. The molecule has 0 saturated heterocycles. The van der Waals surface area contributed by atoms with E-state index < -0.39 is 0 Å². The highest BCUT2D eigenvalue weighted by molar-refractivity contribution is 5.96. The Bertz CT molecular complexity index is 1130. The van der Waals surface area contributed by atoms with Crippen molar-refractivity contribution in [1.82, 2.24) is 25.2 Å². The molecule has 0 aliphatic heterocycles. The van der Waals surface area contributed by atoms with Crippen molar-refractivity contribution in [3.8, 4) is 5.69 Å². The van der Waals surface area contributed by atoms with E-state index in [1.54, 1.807) is 4.68 Å². The van der Waals surface area contributed by atoms with Crippen molar-refractivity contribution in [2.45, 2.75) is 27.2 Å². The summed E-state index contributed by atoms with van der Waals surface area (Å²) in [6.45, 7) is 6.03. The number of tetrazole rings is 1. The topological polar surface area (TPSA) is 88.5 Å². The van der Waals surface area contributed by atoms with Crippen LogP contribution in [0.5, 0.6) is 0 Å². The third-order valence-corrected chi connectivity index (χ3v) is 4.70. The first-order valence-corrected chi connectivity index (χ1v) is 8.73. The van der Waals surface area contributed by atoms with Crippen LogP contribution >= 0.6 is 0 Å². The van der Waals surface area contributed by atoms with Gasteiger partial charge in [-0.3, -0.25) is 4.79 Å². The Balaban J connectivity index is 1.58. The van der Waals surface area contributed by atoms with E-state index >= 15 is 0 Å². The molecule has 0 bridgehead atoms. The number of fused-ring (bicyclic) bond motifs is 1. The predicted octanol–water partition coefficient (Wildman–Crippen LogP) is 3.25. The van der Waals surface area contributed by atoms with Gasteiger partial charge < -0.3 is 10.3 Å². The Morgan fingerprint density at radius 3 is 2.78 bits per heavy atom. The van der Waals surface area contributed by atoms with E-state index in [0.717, 1.165) is 33.4 Å². The maximum Gasteiger partial charge on any atom is 0.228 e. The molecule has 0 aliphatic rings. The van der Waals surface area contributed by atoms with Crippen LogP contribution < -0.4 is 5.32 Å². The molecule has 7 nitrogen and oxygen atoms in total. The molecule has 27 heavy (non-hydrogen) atoms. The molecule has 2 aromatic carbocycles. The van der Waals surface area contributed by atoms with E-state index in [0.29, 0.717) is 12.1 Å². The Kier molecular flexibility index (Phi) is 4.19. The summed E-state index contributed by atoms with van der Waals surface area (Å²) >= 11 is 0. The Hall–Kier alpha value is -3.48. The van der Waals surface area contributed by atoms with Crippen molar-refractivity contribution in [3.05, 3.63) is 65.1 Å². The first-order chi connectivity index (χ1) is 13.0. The summed E-state index contributed by atoms with van der Waals surface area (Å²) in [4.78, 5) is 16.0. The number of aromatic nitrogens is 5. The molecule has 4 aromatic rings. The number of carbonyl (C=O) groups is 1. The molecule has 7 heteroatoms. The standard InChI is InChI=1S/C20H20N6O/c1-12-4-7-18-17(8-12)16(14(3)22-18)10-20(27)23-15-6-5-13(2)19(9-15)26-11-21-24-25-26/h4-9,11,22H,10H2,1-3H3,(H,23,27). The molecule has 0 radical (unpaired) electrons. The van der Waals surface area contributed by atoms with Gasteiger partial charge in [0.15, 0.2) is 0 Å². The molecule has 2 heterocycles. The maximum atomic E-state index is 12.7. The van der Waals surface area contributed by atoms with Gasteiger partial charge >= 0.3 is 0 Å². The lowest BCUT2D eigenvalue weighted by atomic mass is 10.1. The zero-order valence-electron chi connectivity index (χ0n) is 15.4. The fourth-order valence-electron chi connectivity index (χ4n) is 3.30. The van der Waals surface area contributed by atoms with Gasteiger partial charge in [0.05, 0.1) is 12.1 Å². The van der Waals surface area contributed by atoms with Crippen molar-refractivity contribution in [2.24, 2.45) is 0 Å². The second-order valence-corrected chi connectivity index (χ2v) is 6.76. The molecule has 4 rings (SSSR count). The van der Waals surface area contributed by atoms with E-state index in [1.807, 2.05) is 32.0 Å². The average molecular weight is 360 g/mol. The highest BCUT2D eigenvalue weighted by Gasteiger charge is 2.14. The lowest BCUT2D eigenvalue weighted by Crippen LogP contribution is -2.15. The van der Waals surface area contributed by atoms with E-state index in [4.69, 9.17) is 0 Å². The van der Waals surface area contributed by atoms with Gasteiger partial charge in [-0.2, -0.15) is 0 Å². The van der Waals surface area contributed by atoms with Gasteiger partial charge in [-0.05, 0) is 66.6 Å². The molecule has 1 amide bonds. The monoisotopic (exact) mass is 360 g/mol. The van der Waals surface area contributed by atoms with Gasteiger partial charge in [0.25, 0.3) is 0 Å². The van der Waals surface area contributed by atoms with Gasteiger partial charge in [0.2, 0.25) is 5.91 Å². The summed E-state index contributed by atoms with van der Waals surface area (Å²) in [6.07, 6.45) is 1.84. The third kappa shape index (κ3) is 3.31. The minimum absolute atomic E-state index is 0.0629. The molecule has 2 N–H and O–H groups in total. The lowest BCUT2D eigenvalue weighted by Gasteiger charge is -2.10. The van der Waals surface area contributed by atoms with Crippen LogP contribution in [0.2, 0.25) is 0 Å². The average Bonchev–Trinajstić information content (AvgIpc) is 3.26. The molecule has 0 fully saturated rings. The number of nitrogens with zero attached hydrogens (tertiary/aromatic N) is 4. The Morgan fingerprint density at radius 1 is 1.15 bits per heavy atom. The van der Waals surface area contributed by atoms with Crippen LogP contribution in [0.1, 0.15) is 22.4 Å². The molecule has 136 valence electrons. The molecular formula is C20H20N6O. The van der Waals surface area contributed by atoms with Crippen molar-refractivity contribution in [3.63, 3.8) is 0 Å². The van der Waals surface area contributed by atoms with Crippen LogP contribution in [0.25, 0.3) is 16.6 Å². The van der Waals surface area contributed by atoms with Crippen molar-refractivity contribution >= 4 is 22.5 Å². The fourth-order valence-corrected chi connectivity index (χ4v) is 3.30. The van der Waals surface area contributed by atoms with E-state index in [9.17, 15) is 4.79 Å². The smallest absolute Gasteiger partial charge is 0.228 e. The van der Waals surface area contributed by atoms with Gasteiger partial charge in [0, 0.05) is 22.3 Å². The Labute approximate surface area is 156 Å². The van der Waals surface area contributed by atoms with Gasteiger partial charge in [-0.25, -0.2) is 4.68 Å². The molecule has 0 atom stereocenters. The first kappa shape index (κ1) is 17.0. The van der Waals surface area contributed by atoms with Gasteiger partial charge in [-0.1, -0.05) is 17.7 Å². The first-order valence-electron chi connectivity index (χ1n) is 8.73. The van der Waals surface area contributed by atoms with Crippen LogP contribution in [0.15, 0.2) is 42.7 Å². The zero-order chi connectivity index (χ0) is 19.0. The number of anilines is 1. The SMILES string of the molecule is Cc1ccc2[nH]c(C)c(CC(=O)Nc3ccc(C)c(-n4cnnn4)c3)c2c1. The highest BCUT2D eigenvalue weighted by Crippen LogP contribution is 2.24. The molecule has 2 aromatic heterocycles. The van der Waals surface area contributed by atoms with Crippen LogP contribution in [0.4, 0.5) is 5.69 Å². The molecular weight excluding hydrogens is 340 g/mol. The summed E-state index contributed by atoms with van der Waals surface area (Å²) in [7, 11) is 0. The Morgan fingerprint density at radius 2 is 2.00 bits per heavy atom. The number of aromatic amines is 1. The summed E-state index contributed by atoms with van der Waals surface area (Å²) in [6, 6.07) is 11.9. The van der Waals surface area contributed by atoms with Crippen molar-refractivity contribution in [1.29, 1.82) is 0 Å². The number of hydrogen-bond donors (Lipinski definition) is 2. The molecule has 0 spiro atoms. The van der Waals surface area contributed by atoms with Crippen molar-refractivity contribution < 1.29 is 4.79 Å². The zero-order valence-corrected chi connectivity index (χ0v) is 15.4. The largest absolute Gasteiger partial charge is 0.358 e. The van der Waals surface area contributed by atoms with Gasteiger partial charge in [0.1, 0.15) is 6.33 Å². The number of carbonyl (C=O) groups excluding carboxylic acids is 1. The summed E-state index contributed by atoms with van der Waals surface area (Å²) in [5, 5.41) is 15.3. The van der Waals surface area contributed by atoms with E-state index in [1.165, 1.54) is 11.9 Å². The molecule has 0 aliphatic carbocycles. The maximum absolute atomic E-state index is 12.7. The number of nitrogens with one attached hydrogen (secondary N) is 2. The van der Waals surface area contributed by atoms with Crippen LogP contribution in [-0.4, -0.2) is 31.1 Å². The summed E-state index contributed by atoms with van der Waals surface area (Å²) in [5.41, 5.74) is 6.83. The lowest BCUT2D eigenvalue weighted by molar-refractivity contribution is -0.115. The minimum atomic E-state index is -0.0629.